The molecule has 0 atom stereocenters. The first-order valence-corrected chi connectivity index (χ1v) is 4.04. The number of hydrogen-bond donors (Lipinski definition) is 0. The Hall–Kier alpha value is -1.64. The van der Waals surface area contributed by atoms with Crippen LogP contribution in [0.1, 0.15) is 11.1 Å². The van der Waals surface area contributed by atoms with Gasteiger partial charge in [-0.05, 0) is 11.6 Å². The lowest BCUT2D eigenvalue weighted by atomic mass is 10.0. The summed E-state index contributed by atoms with van der Waals surface area (Å²) >= 11 is 0. The van der Waals surface area contributed by atoms with Crippen molar-refractivity contribution in [3.63, 3.8) is 0 Å². The van der Waals surface area contributed by atoms with E-state index in [-0.39, 0.29) is 5.91 Å². The standard InChI is InChI=1S/C10H9NO2/c1-13-9-4-2-3-7-5-10(12)11-6-8(7)9/h2-4,6H,5H2,1H3. The van der Waals surface area contributed by atoms with Gasteiger partial charge in [0.05, 0.1) is 13.5 Å². The van der Waals surface area contributed by atoms with Gasteiger partial charge in [0.15, 0.2) is 0 Å². The molecular weight excluding hydrogens is 166 g/mol. The Morgan fingerprint density at radius 1 is 1.46 bits per heavy atom. The summed E-state index contributed by atoms with van der Waals surface area (Å²) in [5, 5.41) is 0. The van der Waals surface area contributed by atoms with Crippen molar-refractivity contribution in [2.24, 2.45) is 4.99 Å². The minimum absolute atomic E-state index is 0.0965. The highest BCUT2D eigenvalue weighted by Gasteiger charge is 2.14. The van der Waals surface area contributed by atoms with E-state index in [2.05, 4.69) is 4.99 Å². The van der Waals surface area contributed by atoms with Crippen molar-refractivity contribution >= 4 is 12.1 Å². The second kappa shape index (κ2) is 3.01. The molecule has 2 rings (SSSR count). The predicted octanol–water partition coefficient (Wildman–Crippen LogP) is 1.20. The van der Waals surface area contributed by atoms with Gasteiger partial charge in [-0.3, -0.25) is 4.79 Å². The van der Waals surface area contributed by atoms with Crippen molar-refractivity contribution in [1.82, 2.24) is 0 Å². The van der Waals surface area contributed by atoms with Gasteiger partial charge in [-0.2, -0.15) is 0 Å². The van der Waals surface area contributed by atoms with Crippen molar-refractivity contribution in [3.05, 3.63) is 29.3 Å². The van der Waals surface area contributed by atoms with Crippen LogP contribution in [0.4, 0.5) is 0 Å². The molecule has 13 heavy (non-hydrogen) atoms. The zero-order chi connectivity index (χ0) is 9.26. The molecule has 0 fully saturated rings. The Morgan fingerprint density at radius 3 is 3.08 bits per heavy atom. The van der Waals surface area contributed by atoms with Gasteiger partial charge in [-0.15, -0.1) is 0 Å². The highest BCUT2D eigenvalue weighted by atomic mass is 16.5. The molecule has 3 heteroatoms. The second-order valence-electron chi connectivity index (χ2n) is 2.86. The highest BCUT2D eigenvalue weighted by Crippen LogP contribution is 2.23. The van der Waals surface area contributed by atoms with Gasteiger partial charge in [-0.1, -0.05) is 12.1 Å². The van der Waals surface area contributed by atoms with E-state index in [0.717, 1.165) is 16.9 Å². The Bertz CT molecular complexity index is 383. The number of rotatable bonds is 1. The van der Waals surface area contributed by atoms with Crippen LogP contribution < -0.4 is 4.74 Å². The van der Waals surface area contributed by atoms with E-state index in [1.807, 2.05) is 18.2 Å². The lowest BCUT2D eigenvalue weighted by molar-refractivity contribution is -0.117. The number of carbonyl (C=O) groups is 1. The van der Waals surface area contributed by atoms with Crippen LogP contribution in [0.3, 0.4) is 0 Å². The quantitative estimate of drug-likeness (QED) is 0.643. The van der Waals surface area contributed by atoms with E-state index in [1.54, 1.807) is 13.3 Å². The molecule has 1 amide bonds. The van der Waals surface area contributed by atoms with Crippen LogP contribution in [0.15, 0.2) is 23.2 Å². The van der Waals surface area contributed by atoms with E-state index in [4.69, 9.17) is 4.74 Å². The number of ether oxygens (including phenoxy) is 1. The topological polar surface area (TPSA) is 38.7 Å². The molecule has 0 spiro atoms. The maximum absolute atomic E-state index is 11.0. The summed E-state index contributed by atoms with van der Waals surface area (Å²) in [6, 6.07) is 5.66. The van der Waals surface area contributed by atoms with Gasteiger partial charge < -0.3 is 4.74 Å². The number of hydrogen-bond acceptors (Lipinski definition) is 2. The molecule has 1 aliphatic heterocycles. The number of amides is 1. The van der Waals surface area contributed by atoms with Crippen LogP contribution >= 0.6 is 0 Å². The molecule has 0 bridgehead atoms. The van der Waals surface area contributed by atoms with E-state index < -0.39 is 0 Å². The van der Waals surface area contributed by atoms with Gasteiger partial charge in [0, 0.05) is 11.8 Å². The summed E-state index contributed by atoms with van der Waals surface area (Å²) in [6.07, 6.45) is 1.95. The maximum atomic E-state index is 11.0. The van der Waals surface area contributed by atoms with Crippen LogP contribution in [0.25, 0.3) is 0 Å². The number of methoxy groups -OCH3 is 1. The molecule has 0 radical (unpaired) electrons. The van der Waals surface area contributed by atoms with Crippen LogP contribution in [-0.4, -0.2) is 19.2 Å². The molecule has 1 heterocycles. The molecule has 66 valence electrons. The van der Waals surface area contributed by atoms with Crippen LogP contribution in [-0.2, 0) is 11.2 Å². The zero-order valence-corrected chi connectivity index (χ0v) is 7.28. The average Bonchev–Trinajstić information content (AvgIpc) is 2.16. The molecule has 0 aromatic heterocycles. The number of aliphatic imine (C=N–C) groups is 1. The summed E-state index contributed by atoms with van der Waals surface area (Å²) < 4.78 is 5.15. The fourth-order valence-electron chi connectivity index (χ4n) is 1.41. The largest absolute Gasteiger partial charge is 0.496 e. The van der Waals surface area contributed by atoms with Crippen molar-refractivity contribution in [3.8, 4) is 5.75 Å². The average molecular weight is 175 g/mol. The lowest BCUT2D eigenvalue weighted by Crippen LogP contribution is -2.09. The number of carbonyl (C=O) groups excluding carboxylic acids is 1. The van der Waals surface area contributed by atoms with E-state index in [0.29, 0.717) is 6.42 Å². The van der Waals surface area contributed by atoms with Gasteiger partial charge in [0.1, 0.15) is 5.75 Å². The Kier molecular flexibility index (Phi) is 1.85. The summed E-state index contributed by atoms with van der Waals surface area (Å²) in [6.45, 7) is 0. The monoisotopic (exact) mass is 175 g/mol. The molecule has 0 saturated carbocycles. The smallest absolute Gasteiger partial charge is 0.250 e. The number of fused-ring (bicyclic) bond motifs is 1. The molecule has 1 aromatic rings. The predicted molar refractivity (Wildman–Crippen MR) is 49.3 cm³/mol. The van der Waals surface area contributed by atoms with Crippen molar-refractivity contribution in [2.45, 2.75) is 6.42 Å². The summed E-state index contributed by atoms with van der Waals surface area (Å²) in [7, 11) is 1.61. The number of nitrogens with zero attached hydrogens (tertiary/aromatic N) is 1. The van der Waals surface area contributed by atoms with Crippen LogP contribution in [0, 0.1) is 0 Å². The molecule has 1 aromatic carbocycles. The Balaban J connectivity index is 2.55. The minimum Gasteiger partial charge on any atom is -0.496 e. The second-order valence-corrected chi connectivity index (χ2v) is 2.86. The van der Waals surface area contributed by atoms with Gasteiger partial charge >= 0.3 is 0 Å². The molecule has 0 aliphatic carbocycles. The lowest BCUT2D eigenvalue weighted by Gasteiger charge is -2.11. The molecule has 0 N–H and O–H groups in total. The molecule has 3 nitrogen and oxygen atoms in total. The zero-order valence-electron chi connectivity index (χ0n) is 7.28. The van der Waals surface area contributed by atoms with Gasteiger partial charge in [0.2, 0.25) is 5.91 Å². The first kappa shape index (κ1) is 7.98. The third kappa shape index (κ3) is 1.33. The summed E-state index contributed by atoms with van der Waals surface area (Å²) in [5.74, 6) is 0.675. The minimum atomic E-state index is -0.0965. The summed E-state index contributed by atoms with van der Waals surface area (Å²) in [4.78, 5) is 14.7. The van der Waals surface area contributed by atoms with E-state index >= 15 is 0 Å². The van der Waals surface area contributed by atoms with Crippen molar-refractivity contribution in [2.75, 3.05) is 7.11 Å². The van der Waals surface area contributed by atoms with Crippen LogP contribution in [0.5, 0.6) is 5.75 Å². The molecule has 0 unspecified atom stereocenters. The SMILES string of the molecule is COc1cccc2c1C=NC(=O)C2. The number of benzene rings is 1. The van der Waals surface area contributed by atoms with E-state index in [1.165, 1.54) is 0 Å². The van der Waals surface area contributed by atoms with Crippen LogP contribution in [0.2, 0.25) is 0 Å². The Morgan fingerprint density at radius 2 is 2.31 bits per heavy atom. The highest BCUT2D eigenvalue weighted by molar-refractivity contribution is 6.00. The van der Waals surface area contributed by atoms with Crippen molar-refractivity contribution in [1.29, 1.82) is 0 Å². The first-order chi connectivity index (χ1) is 6.31. The fourth-order valence-corrected chi connectivity index (χ4v) is 1.41. The first-order valence-electron chi connectivity index (χ1n) is 4.04. The van der Waals surface area contributed by atoms with E-state index in [9.17, 15) is 4.79 Å². The van der Waals surface area contributed by atoms with Gasteiger partial charge in [0.25, 0.3) is 0 Å². The van der Waals surface area contributed by atoms with Gasteiger partial charge in [-0.25, -0.2) is 4.99 Å². The molecular formula is C10H9NO2. The third-order valence-corrected chi connectivity index (χ3v) is 2.06. The normalized spacial score (nSPS) is 14.1. The third-order valence-electron chi connectivity index (χ3n) is 2.06. The molecule has 0 saturated heterocycles. The Labute approximate surface area is 76.1 Å². The maximum Gasteiger partial charge on any atom is 0.250 e. The van der Waals surface area contributed by atoms with Crippen molar-refractivity contribution < 1.29 is 9.53 Å². The molecule has 1 aliphatic rings. The summed E-state index contributed by atoms with van der Waals surface area (Å²) in [5.41, 5.74) is 1.91. The fraction of sp³-hybridized carbons (Fsp3) is 0.200.